The molecule has 26 heavy (non-hydrogen) atoms. The van der Waals surface area contributed by atoms with Crippen molar-refractivity contribution in [2.24, 2.45) is 0 Å². The van der Waals surface area contributed by atoms with Crippen LogP contribution in [0.15, 0.2) is 30.3 Å². The normalized spacial score (nSPS) is 13.6. The third-order valence-electron chi connectivity index (χ3n) is 4.42. The zero-order valence-corrected chi connectivity index (χ0v) is 21.4. The van der Waals surface area contributed by atoms with Crippen molar-refractivity contribution in [3.05, 3.63) is 45.9 Å². The van der Waals surface area contributed by atoms with Crippen LogP contribution in [0, 0.1) is 0 Å². The Morgan fingerprint density at radius 1 is 0.808 bits per heavy atom. The van der Waals surface area contributed by atoms with Crippen LogP contribution in [-0.2, 0) is 26.2 Å². The quantitative estimate of drug-likeness (QED) is 0.381. The average Bonchev–Trinajstić information content (AvgIpc) is 3.14. The van der Waals surface area contributed by atoms with E-state index in [0.717, 1.165) is 31.7 Å². The fourth-order valence-electron chi connectivity index (χ4n) is 3.01. The van der Waals surface area contributed by atoms with Gasteiger partial charge in [-0.05, 0) is 8.24 Å². The third kappa shape index (κ3) is 14.1. The first-order valence-electron chi connectivity index (χ1n) is 10.1. The standard InChI is InChI=1S/C13H20NSi.2C4H10N.Zr/c1-15(2,13-10-6-7-11-13)14-12-8-4-3-5-9-12;2*1-3-5-4-2;/h3-5,8-9,13H,6-7,10-11H2,1-2H3;2*3-4H2,1-2H3;/q3*-1;+4. The molecule has 0 saturated heterocycles. The van der Waals surface area contributed by atoms with Crippen LogP contribution in [0.25, 0.3) is 15.6 Å². The molecule has 0 unspecified atom stereocenters. The van der Waals surface area contributed by atoms with E-state index in [-0.39, 0.29) is 26.2 Å². The number of rotatable bonds is 7. The summed E-state index contributed by atoms with van der Waals surface area (Å²) < 4.78 is 0. The summed E-state index contributed by atoms with van der Waals surface area (Å²) in [4.78, 5) is 5.01. The van der Waals surface area contributed by atoms with E-state index in [1.54, 1.807) is 0 Å². The maximum absolute atomic E-state index is 5.01. The molecule has 1 aliphatic carbocycles. The molecule has 0 amide bonds. The van der Waals surface area contributed by atoms with Gasteiger partial charge in [-0.1, -0.05) is 102 Å². The molecule has 3 nitrogen and oxygen atoms in total. The summed E-state index contributed by atoms with van der Waals surface area (Å²) in [6, 6.07) is 10.5. The largest absolute Gasteiger partial charge is 4.00 e. The van der Waals surface area contributed by atoms with Gasteiger partial charge in [-0.2, -0.15) is 26.2 Å². The molecule has 1 fully saturated rings. The Labute approximate surface area is 183 Å². The topological polar surface area (TPSA) is 42.3 Å². The Hall–Kier alpha value is 0.0400. The smallest absolute Gasteiger partial charge is 0.687 e. The van der Waals surface area contributed by atoms with Gasteiger partial charge in [0.15, 0.2) is 0 Å². The summed E-state index contributed by atoms with van der Waals surface area (Å²) in [7, 11) is -1.39. The first-order valence-corrected chi connectivity index (χ1v) is 13.1. The minimum Gasteiger partial charge on any atom is -0.687 e. The molecule has 1 saturated carbocycles. The summed E-state index contributed by atoms with van der Waals surface area (Å²) in [6.45, 7) is 16.9. The van der Waals surface area contributed by atoms with Gasteiger partial charge in [-0.3, -0.25) is 0 Å². The molecule has 146 valence electrons. The van der Waals surface area contributed by atoms with Crippen LogP contribution in [0.1, 0.15) is 53.4 Å². The second-order valence-corrected chi connectivity index (χ2v) is 11.1. The number of benzene rings is 1. The molecule has 1 aromatic rings. The van der Waals surface area contributed by atoms with Gasteiger partial charge in [0.1, 0.15) is 0 Å². The van der Waals surface area contributed by atoms with E-state index >= 15 is 0 Å². The first-order chi connectivity index (χ1) is 12.0. The van der Waals surface area contributed by atoms with Crippen molar-refractivity contribution in [2.75, 3.05) is 26.2 Å². The van der Waals surface area contributed by atoms with Crippen molar-refractivity contribution in [1.82, 2.24) is 0 Å². The van der Waals surface area contributed by atoms with Gasteiger partial charge in [0.2, 0.25) is 0 Å². The van der Waals surface area contributed by atoms with Gasteiger partial charge in [0.25, 0.3) is 0 Å². The maximum Gasteiger partial charge on any atom is 4.00 e. The van der Waals surface area contributed by atoms with Crippen LogP contribution >= 0.6 is 0 Å². The van der Waals surface area contributed by atoms with E-state index in [2.05, 4.69) is 54.1 Å². The van der Waals surface area contributed by atoms with Gasteiger partial charge in [0.05, 0.1) is 0 Å². The Kier molecular flexibility index (Phi) is 20.0. The molecule has 1 aliphatic rings. The van der Waals surface area contributed by atoms with E-state index in [1.165, 1.54) is 31.4 Å². The molecule has 0 atom stereocenters. The van der Waals surface area contributed by atoms with Gasteiger partial charge in [0, 0.05) is 0 Å². The molecule has 0 heterocycles. The van der Waals surface area contributed by atoms with Crippen LogP contribution in [0.5, 0.6) is 0 Å². The van der Waals surface area contributed by atoms with Gasteiger partial charge >= 0.3 is 26.2 Å². The van der Waals surface area contributed by atoms with Gasteiger partial charge in [-0.25, -0.2) is 0 Å². The predicted molar refractivity (Wildman–Crippen MR) is 118 cm³/mol. The van der Waals surface area contributed by atoms with E-state index in [1.807, 2.05) is 27.7 Å². The van der Waals surface area contributed by atoms with Crippen molar-refractivity contribution in [1.29, 1.82) is 0 Å². The molecule has 0 N–H and O–H groups in total. The summed E-state index contributed by atoms with van der Waals surface area (Å²) in [5, 5.41) is 7.94. The minimum atomic E-state index is -1.39. The predicted octanol–water partition coefficient (Wildman–Crippen LogP) is 7.64. The number of hydrogen-bond donors (Lipinski definition) is 0. The Morgan fingerprint density at radius 2 is 1.23 bits per heavy atom. The van der Waals surface area contributed by atoms with Gasteiger partial charge < -0.3 is 15.6 Å². The van der Waals surface area contributed by atoms with E-state index in [9.17, 15) is 0 Å². The Balaban J connectivity index is 0. The zero-order valence-electron chi connectivity index (χ0n) is 18.0. The van der Waals surface area contributed by atoms with E-state index in [4.69, 9.17) is 4.98 Å². The van der Waals surface area contributed by atoms with Crippen LogP contribution < -0.4 is 0 Å². The average molecular weight is 454 g/mol. The first kappa shape index (κ1) is 28.3. The monoisotopic (exact) mass is 452 g/mol. The molecule has 2 rings (SSSR count). The summed E-state index contributed by atoms with van der Waals surface area (Å²) in [5.41, 5.74) is 2.10. The van der Waals surface area contributed by atoms with Crippen LogP contribution in [-0.4, -0.2) is 34.4 Å². The van der Waals surface area contributed by atoms with Crippen molar-refractivity contribution >= 4 is 13.9 Å². The molecule has 0 bridgehead atoms. The van der Waals surface area contributed by atoms with Crippen LogP contribution in [0.2, 0.25) is 18.6 Å². The maximum atomic E-state index is 5.01. The third-order valence-corrected chi connectivity index (χ3v) is 7.83. The summed E-state index contributed by atoms with van der Waals surface area (Å²) >= 11 is 0. The zero-order chi connectivity index (χ0) is 19.0. The van der Waals surface area contributed by atoms with E-state index in [0.29, 0.717) is 0 Å². The fourth-order valence-corrected chi connectivity index (χ4v) is 5.82. The van der Waals surface area contributed by atoms with Crippen LogP contribution in [0.4, 0.5) is 5.69 Å². The molecular formula is C21H40N3SiZr+. The van der Waals surface area contributed by atoms with Crippen molar-refractivity contribution in [3.8, 4) is 0 Å². The summed E-state index contributed by atoms with van der Waals surface area (Å²) in [6.07, 6.45) is 5.67. The Morgan fingerprint density at radius 3 is 1.58 bits per heavy atom. The number of hydrogen-bond acceptors (Lipinski definition) is 0. The molecule has 5 heteroatoms. The van der Waals surface area contributed by atoms with Crippen LogP contribution in [0.3, 0.4) is 0 Å². The SMILES string of the molecule is CC[N-]CC.CC[N-]CC.C[Si](C)([N-]c1ccccc1)C1CCCC1.[Zr+4]. The fraction of sp³-hybridized carbons (Fsp3) is 0.714. The second kappa shape index (κ2) is 18.4. The van der Waals surface area contributed by atoms with Gasteiger partial charge in [-0.15, -0.1) is 5.69 Å². The summed E-state index contributed by atoms with van der Waals surface area (Å²) in [5.74, 6) is 0. The Bertz CT molecular complexity index is 386. The van der Waals surface area contributed by atoms with Crippen molar-refractivity contribution < 1.29 is 26.2 Å². The molecule has 0 aliphatic heterocycles. The van der Waals surface area contributed by atoms with Crippen molar-refractivity contribution in [2.45, 2.75) is 72.0 Å². The molecule has 0 spiro atoms. The molecule has 0 radical (unpaired) electrons. The van der Waals surface area contributed by atoms with Crippen molar-refractivity contribution in [3.63, 3.8) is 0 Å². The molecule has 1 aromatic carbocycles. The number of nitrogens with zero attached hydrogens (tertiary/aromatic N) is 3. The molecular weight excluding hydrogens is 414 g/mol. The minimum absolute atomic E-state index is 0. The second-order valence-electron chi connectivity index (χ2n) is 6.79. The molecule has 0 aromatic heterocycles. The van der Waals surface area contributed by atoms with E-state index < -0.39 is 8.24 Å².